The fraction of sp³-hybridized carbons (Fsp3) is 0.192. The summed E-state index contributed by atoms with van der Waals surface area (Å²) in [5.41, 5.74) is 1.71. The van der Waals surface area contributed by atoms with Crippen molar-refractivity contribution in [2.75, 3.05) is 14.2 Å². The van der Waals surface area contributed by atoms with E-state index < -0.39 is 15.7 Å². The first-order valence-corrected chi connectivity index (χ1v) is 12.2. The van der Waals surface area contributed by atoms with Crippen LogP contribution >= 0.6 is 0 Å². The molecule has 4 rings (SSSR count). The van der Waals surface area contributed by atoms with Crippen molar-refractivity contribution < 1.29 is 31.5 Å². The zero-order valence-corrected chi connectivity index (χ0v) is 20.4. The molecule has 0 atom stereocenters. The molecular formula is C26H25NO7S. The molecule has 4 aromatic rings. The molecule has 0 aliphatic heterocycles. The number of aryl methyl sites for hydroxylation is 1. The first-order valence-electron chi connectivity index (χ1n) is 10.8. The molecule has 0 radical (unpaired) electrons. The number of hydrogen-bond donors (Lipinski definition) is 0. The highest BCUT2D eigenvalue weighted by Crippen LogP contribution is 2.29. The van der Waals surface area contributed by atoms with Crippen LogP contribution in [0.3, 0.4) is 0 Å². The fourth-order valence-corrected chi connectivity index (χ4v) is 4.73. The molecule has 2 aromatic carbocycles. The van der Waals surface area contributed by atoms with E-state index in [0.717, 1.165) is 11.1 Å². The third-order valence-electron chi connectivity index (χ3n) is 5.42. The Bertz CT molecular complexity index is 1400. The molecule has 35 heavy (non-hydrogen) atoms. The van der Waals surface area contributed by atoms with Gasteiger partial charge >= 0.3 is 0 Å². The second kappa shape index (κ2) is 10.1. The average molecular weight is 496 g/mol. The van der Waals surface area contributed by atoms with Gasteiger partial charge in [0.05, 0.1) is 31.9 Å². The van der Waals surface area contributed by atoms with Crippen LogP contribution in [0, 0.1) is 6.92 Å². The zero-order valence-electron chi connectivity index (χ0n) is 19.6. The Morgan fingerprint density at radius 2 is 1.66 bits per heavy atom. The lowest BCUT2D eigenvalue weighted by Crippen LogP contribution is -2.29. The molecule has 0 unspecified atom stereocenters. The summed E-state index contributed by atoms with van der Waals surface area (Å²) in [5.74, 6) is 1.08. The van der Waals surface area contributed by atoms with Crippen LogP contribution in [0.5, 0.6) is 11.5 Å². The Morgan fingerprint density at radius 3 is 2.31 bits per heavy atom. The molecule has 0 saturated carbocycles. The molecule has 0 fully saturated rings. The van der Waals surface area contributed by atoms with Crippen LogP contribution in [-0.4, -0.2) is 33.4 Å². The lowest BCUT2D eigenvalue weighted by molar-refractivity contribution is 0.0679. The number of nitrogens with zero attached hydrogens (tertiary/aromatic N) is 1. The standard InChI is InChI=1S/C26H25NO7S/c1-18-6-9-21(10-7-18)35(29,30)25-13-12-23(34-25)26(28)27(17-20-5-4-14-33-20)16-19-8-11-22(31-2)24(15-19)32-3/h4-15H,16-17H2,1-3H3. The fourth-order valence-electron chi connectivity index (χ4n) is 3.56. The van der Waals surface area contributed by atoms with E-state index in [-0.39, 0.29) is 28.8 Å². The number of carbonyl (C=O) groups is 1. The quantitative estimate of drug-likeness (QED) is 0.326. The molecule has 2 heterocycles. The number of ether oxygens (including phenoxy) is 2. The van der Waals surface area contributed by atoms with Gasteiger partial charge in [-0.1, -0.05) is 23.8 Å². The summed E-state index contributed by atoms with van der Waals surface area (Å²) >= 11 is 0. The van der Waals surface area contributed by atoms with Gasteiger partial charge in [-0.25, -0.2) is 8.42 Å². The molecule has 0 aliphatic carbocycles. The maximum atomic E-state index is 13.4. The monoisotopic (exact) mass is 495 g/mol. The predicted molar refractivity (Wildman–Crippen MR) is 127 cm³/mol. The van der Waals surface area contributed by atoms with Gasteiger partial charge in [-0.3, -0.25) is 4.79 Å². The number of carbonyl (C=O) groups excluding carboxylic acids is 1. The van der Waals surface area contributed by atoms with Crippen molar-refractivity contribution in [3.8, 4) is 11.5 Å². The largest absolute Gasteiger partial charge is 0.493 e. The Kier molecular flexibility index (Phi) is 6.97. The Hall–Kier alpha value is -3.98. The highest BCUT2D eigenvalue weighted by molar-refractivity contribution is 7.91. The minimum Gasteiger partial charge on any atom is -0.493 e. The molecule has 182 valence electrons. The van der Waals surface area contributed by atoms with Crippen LogP contribution in [0.15, 0.2) is 91.8 Å². The SMILES string of the molecule is COc1ccc(CN(Cc2ccco2)C(=O)c2ccc(S(=O)(=O)c3ccc(C)cc3)o2)cc1OC. The second-order valence-corrected chi connectivity index (χ2v) is 9.75. The van der Waals surface area contributed by atoms with Gasteiger partial charge in [0.2, 0.25) is 14.9 Å². The van der Waals surface area contributed by atoms with Gasteiger partial charge in [-0.15, -0.1) is 0 Å². The van der Waals surface area contributed by atoms with Gasteiger partial charge in [0.25, 0.3) is 5.91 Å². The van der Waals surface area contributed by atoms with Crippen LogP contribution in [-0.2, 0) is 22.9 Å². The number of rotatable bonds is 9. The highest BCUT2D eigenvalue weighted by Gasteiger charge is 2.26. The van der Waals surface area contributed by atoms with E-state index in [9.17, 15) is 13.2 Å². The summed E-state index contributed by atoms with van der Waals surface area (Å²) in [7, 11) is -0.827. The summed E-state index contributed by atoms with van der Waals surface area (Å²) in [6, 6.07) is 17.9. The number of benzene rings is 2. The van der Waals surface area contributed by atoms with Crippen molar-refractivity contribution in [3.05, 3.63) is 95.6 Å². The highest BCUT2D eigenvalue weighted by atomic mass is 32.2. The van der Waals surface area contributed by atoms with Gasteiger partial charge in [-0.2, -0.15) is 0 Å². The van der Waals surface area contributed by atoms with Crippen molar-refractivity contribution >= 4 is 15.7 Å². The lowest BCUT2D eigenvalue weighted by Gasteiger charge is -2.21. The van der Waals surface area contributed by atoms with E-state index in [1.807, 2.05) is 13.0 Å². The van der Waals surface area contributed by atoms with Gasteiger partial charge in [0.15, 0.2) is 17.3 Å². The topological polar surface area (TPSA) is 99.2 Å². The number of amides is 1. The summed E-state index contributed by atoms with van der Waals surface area (Å²) < 4.78 is 47.6. The van der Waals surface area contributed by atoms with E-state index in [1.165, 1.54) is 42.5 Å². The Morgan fingerprint density at radius 1 is 0.914 bits per heavy atom. The van der Waals surface area contributed by atoms with Crippen LogP contribution in [0.2, 0.25) is 0 Å². The van der Waals surface area contributed by atoms with Crippen molar-refractivity contribution in [1.82, 2.24) is 4.90 Å². The number of furan rings is 2. The molecule has 0 saturated heterocycles. The van der Waals surface area contributed by atoms with E-state index in [0.29, 0.717) is 17.3 Å². The molecule has 2 aromatic heterocycles. The molecule has 0 spiro atoms. The first-order chi connectivity index (χ1) is 16.8. The summed E-state index contributed by atoms with van der Waals surface area (Å²) in [4.78, 5) is 15.0. The smallest absolute Gasteiger partial charge is 0.290 e. The molecule has 0 N–H and O–H groups in total. The van der Waals surface area contributed by atoms with Gasteiger partial charge in [0.1, 0.15) is 5.76 Å². The van der Waals surface area contributed by atoms with Crippen LogP contribution in [0.4, 0.5) is 0 Å². The number of hydrogen-bond acceptors (Lipinski definition) is 7. The first kappa shape index (κ1) is 24.2. The third-order valence-corrected chi connectivity index (χ3v) is 7.07. The molecular weight excluding hydrogens is 470 g/mol. The minimum absolute atomic E-state index is 0.0919. The number of methoxy groups -OCH3 is 2. The predicted octanol–water partition coefficient (Wildman–Crippen LogP) is 4.87. The maximum Gasteiger partial charge on any atom is 0.290 e. The molecule has 1 amide bonds. The molecule has 0 bridgehead atoms. The van der Waals surface area contributed by atoms with Crippen LogP contribution < -0.4 is 9.47 Å². The average Bonchev–Trinajstić information content (AvgIpc) is 3.56. The zero-order chi connectivity index (χ0) is 25.0. The Labute approximate surface area is 203 Å². The van der Waals surface area contributed by atoms with E-state index in [1.54, 1.807) is 43.5 Å². The van der Waals surface area contributed by atoms with Gasteiger partial charge in [0, 0.05) is 6.54 Å². The maximum absolute atomic E-state index is 13.4. The summed E-state index contributed by atoms with van der Waals surface area (Å²) in [5, 5.41) is -0.297. The molecule has 9 heteroatoms. The minimum atomic E-state index is -3.91. The van der Waals surface area contributed by atoms with Gasteiger partial charge < -0.3 is 23.2 Å². The van der Waals surface area contributed by atoms with E-state index in [2.05, 4.69) is 0 Å². The van der Waals surface area contributed by atoms with E-state index in [4.69, 9.17) is 18.3 Å². The van der Waals surface area contributed by atoms with E-state index >= 15 is 0 Å². The van der Waals surface area contributed by atoms with Crippen molar-refractivity contribution in [3.63, 3.8) is 0 Å². The number of sulfone groups is 1. The van der Waals surface area contributed by atoms with Crippen molar-refractivity contribution in [2.45, 2.75) is 30.0 Å². The van der Waals surface area contributed by atoms with Gasteiger partial charge in [-0.05, 0) is 61.0 Å². The normalized spacial score (nSPS) is 11.3. The molecule has 0 aliphatic rings. The summed E-state index contributed by atoms with van der Waals surface area (Å²) in [6.07, 6.45) is 1.52. The van der Waals surface area contributed by atoms with Crippen molar-refractivity contribution in [1.29, 1.82) is 0 Å². The van der Waals surface area contributed by atoms with Crippen LogP contribution in [0.1, 0.15) is 27.4 Å². The summed E-state index contributed by atoms with van der Waals surface area (Å²) in [6.45, 7) is 2.22. The third kappa shape index (κ3) is 5.25. The lowest BCUT2D eigenvalue weighted by atomic mass is 10.1. The van der Waals surface area contributed by atoms with Crippen molar-refractivity contribution in [2.24, 2.45) is 0 Å². The van der Waals surface area contributed by atoms with Crippen LogP contribution in [0.25, 0.3) is 0 Å². The Balaban J connectivity index is 1.63. The molecule has 8 nitrogen and oxygen atoms in total. The second-order valence-electron chi connectivity index (χ2n) is 7.87.